The van der Waals surface area contributed by atoms with E-state index in [1.807, 2.05) is 6.07 Å². The molecule has 0 radical (unpaired) electrons. The van der Waals surface area contributed by atoms with E-state index >= 15 is 0 Å². The highest BCUT2D eigenvalue weighted by atomic mass is 127. The summed E-state index contributed by atoms with van der Waals surface area (Å²) >= 11 is 0. The van der Waals surface area contributed by atoms with Crippen molar-refractivity contribution in [2.45, 2.75) is 26.2 Å². The van der Waals surface area contributed by atoms with Crippen LogP contribution in [0.1, 0.15) is 26.2 Å². The van der Waals surface area contributed by atoms with Crippen molar-refractivity contribution < 1.29 is 4.74 Å². The van der Waals surface area contributed by atoms with Crippen molar-refractivity contribution >= 4 is 35.6 Å². The number of anilines is 1. The van der Waals surface area contributed by atoms with Crippen molar-refractivity contribution in [3.05, 3.63) is 24.3 Å². The van der Waals surface area contributed by atoms with E-state index in [2.05, 4.69) is 34.9 Å². The molecular weight excluding hydrogens is 427 g/mol. The highest BCUT2D eigenvalue weighted by molar-refractivity contribution is 14.0. The Morgan fingerprint density at radius 3 is 2.88 bits per heavy atom. The summed E-state index contributed by atoms with van der Waals surface area (Å²) in [6, 6.07) is 8.30. The molecule has 2 fully saturated rings. The van der Waals surface area contributed by atoms with Gasteiger partial charge in [-0.2, -0.15) is 0 Å². The van der Waals surface area contributed by atoms with Crippen molar-refractivity contribution in [3.63, 3.8) is 0 Å². The van der Waals surface area contributed by atoms with Crippen LogP contribution in [0.2, 0.25) is 0 Å². The van der Waals surface area contributed by atoms with Crippen LogP contribution < -0.4 is 15.4 Å². The highest BCUT2D eigenvalue weighted by Crippen LogP contribution is 2.27. The lowest BCUT2D eigenvalue weighted by molar-refractivity contribution is 0.270. The third kappa shape index (κ3) is 5.39. The van der Waals surface area contributed by atoms with Gasteiger partial charge in [0.25, 0.3) is 0 Å². The summed E-state index contributed by atoms with van der Waals surface area (Å²) in [5.74, 6) is 2.96. The van der Waals surface area contributed by atoms with Gasteiger partial charge in [0.2, 0.25) is 0 Å². The van der Waals surface area contributed by atoms with Crippen molar-refractivity contribution in [1.82, 2.24) is 4.90 Å². The fourth-order valence-electron chi connectivity index (χ4n) is 3.74. The van der Waals surface area contributed by atoms with E-state index in [0.717, 1.165) is 50.4 Å². The maximum atomic E-state index is 6.22. The molecule has 0 aliphatic carbocycles. The molecule has 0 amide bonds. The number of benzene rings is 1. The summed E-state index contributed by atoms with van der Waals surface area (Å²) in [5.41, 5.74) is 7.45. The van der Waals surface area contributed by atoms with Gasteiger partial charge in [-0.05, 0) is 43.2 Å². The number of aliphatic imine (C=N–C) groups is 1. The van der Waals surface area contributed by atoms with Crippen LogP contribution in [0.5, 0.6) is 5.75 Å². The monoisotopic (exact) mass is 458 g/mol. The molecule has 0 bridgehead atoms. The van der Waals surface area contributed by atoms with E-state index in [-0.39, 0.29) is 24.0 Å². The molecule has 5 nitrogen and oxygen atoms in total. The maximum absolute atomic E-state index is 6.22. The maximum Gasteiger partial charge on any atom is 0.191 e. The molecule has 6 heteroatoms. The number of guanidine groups is 1. The van der Waals surface area contributed by atoms with Gasteiger partial charge in [-0.25, -0.2) is 0 Å². The molecule has 25 heavy (non-hydrogen) atoms. The Morgan fingerprint density at radius 1 is 1.28 bits per heavy atom. The van der Waals surface area contributed by atoms with Gasteiger partial charge in [0.15, 0.2) is 5.96 Å². The van der Waals surface area contributed by atoms with Gasteiger partial charge in [0.1, 0.15) is 5.75 Å². The van der Waals surface area contributed by atoms with E-state index in [9.17, 15) is 0 Å². The van der Waals surface area contributed by atoms with Crippen LogP contribution in [0.4, 0.5) is 5.69 Å². The first-order valence-electron chi connectivity index (χ1n) is 9.09. The average molecular weight is 458 g/mol. The molecule has 140 valence electrons. The van der Waals surface area contributed by atoms with Gasteiger partial charge < -0.3 is 20.3 Å². The molecule has 2 unspecified atom stereocenters. The number of hydrogen-bond acceptors (Lipinski definition) is 3. The molecule has 0 saturated carbocycles. The summed E-state index contributed by atoms with van der Waals surface area (Å²) in [6.07, 6.45) is 3.71. The largest absolute Gasteiger partial charge is 0.497 e. The number of nitrogens with zero attached hydrogens (tertiary/aromatic N) is 3. The lowest BCUT2D eigenvalue weighted by atomic mass is 10.0. The topological polar surface area (TPSA) is 54.1 Å². The number of ether oxygens (including phenoxy) is 1. The molecule has 2 saturated heterocycles. The van der Waals surface area contributed by atoms with Gasteiger partial charge >= 0.3 is 0 Å². The molecule has 2 atom stereocenters. The van der Waals surface area contributed by atoms with Crippen LogP contribution in [0.15, 0.2) is 29.3 Å². The Bertz CT molecular complexity index is 580. The third-order valence-electron chi connectivity index (χ3n) is 5.20. The number of nitrogens with two attached hydrogens (primary N) is 1. The normalized spacial score (nSPS) is 24.2. The number of piperidine rings is 1. The quantitative estimate of drug-likeness (QED) is 0.428. The summed E-state index contributed by atoms with van der Waals surface area (Å²) in [7, 11) is 1.71. The number of rotatable bonds is 4. The molecule has 1 aromatic rings. The van der Waals surface area contributed by atoms with Crippen LogP contribution >= 0.6 is 24.0 Å². The minimum Gasteiger partial charge on any atom is -0.497 e. The summed E-state index contributed by atoms with van der Waals surface area (Å²) in [4.78, 5) is 9.37. The van der Waals surface area contributed by atoms with Crippen LogP contribution in [-0.2, 0) is 0 Å². The number of methoxy groups -OCH3 is 1. The zero-order valence-electron chi connectivity index (χ0n) is 15.4. The van der Waals surface area contributed by atoms with Crippen LogP contribution in [0.3, 0.4) is 0 Å². The SMILES string of the molecule is COc1cccc(N2CCC(CN=C(N)N3CCCC(C)C3)C2)c1.I. The molecular formula is C19H31IN4O. The second-order valence-corrected chi connectivity index (χ2v) is 7.19. The van der Waals surface area contributed by atoms with Gasteiger partial charge in [0, 0.05) is 44.5 Å². The summed E-state index contributed by atoms with van der Waals surface area (Å²) < 4.78 is 5.33. The second kappa shape index (κ2) is 9.50. The Hall–Kier alpha value is -1.18. The summed E-state index contributed by atoms with van der Waals surface area (Å²) in [6.45, 7) is 7.35. The van der Waals surface area contributed by atoms with E-state index in [0.29, 0.717) is 5.92 Å². The molecule has 3 rings (SSSR count). The summed E-state index contributed by atoms with van der Waals surface area (Å²) in [5, 5.41) is 0. The van der Waals surface area contributed by atoms with Crippen LogP contribution in [-0.4, -0.2) is 50.7 Å². The predicted octanol–water partition coefficient (Wildman–Crippen LogP) is 3.19. The van der Waals surface area contributed by atoms with Crippen molar-refractivity contribution in [3.8, 4) is 5.75 Å². The van der Waals surface area contributed by atoms with Crippen LogP contribution in [0.25, 0.3) is 0 Å². The lowest BCUT2D eigenvalue weighted by Gasteiger charge is -2.31. The first-order chi connectivity index (χ1) is 11.7. The lowest BCUT2D eigenvalue weighted by Crippen LogP contribution is -2.43. The van der Waals surface area contributed by atoms with Crippen molar-refractivity contribution in [2.75, 3.05) is 44.7 Å². The highest BCUT2D eigenvalue weighted by Gasteiger charge is 2.23. The predicted molar refractivity (Wildman–Crippen MR) is 115 cm³/mol. The molecule has 0 spiro atoms. The molecule has 2 heterocycles. The van der Waals surface area contributed by atoms with E-state index in [4.69, 9.17) is 15.5 Å². The number of likely N-dealkylation sites (tertiary alicyclic amines) is 1. The number of halogens is 1. The zero-order valence-corrected chi connectivity index (χ0v) is 17.7. The Kier molecular flexibility index (Phi) is 7.65. The van der Waals surface area contributed by atoms with Gasteiger partial charge in [0.05, 0.1) is 7.11 Å². The molecule has 1 aromatic carbocycles. The molecule has 2 N–H and O–H groups in total. The first kappa shape index (κ1) is 20.1. The fourth-order valence-corrected chi connectivity index (χ4v) is 3.74. The van der Waals surface area contributed by atoms with Gasteiger partial charge in [-0.1, -0.05) is 13.0 Å². The zero-order chi connectivity index (χ0) is 16.9. The minimum atomic E-state index is 0. The van der Waals surface area contributed by atoms with Crippen LogP contribution in [0, 0.1) is 11.8 Å². The minimum absolute atomic E-state index is 0. The standard InChI is InChI=1S/C19H30N4O.HI/c1-15-5-4-9-23(13-15)19(20)21-12-16-8-10-22(14-16)17-6-3-7-18(11-17)24-2;/h3,6-7,11,15-16H,4-5,8-10,12-14H2,1-2H3,(H2,20,21);1H. The van der Waals surface area contributed by atoms with Crippen molar-refractivity contribution in [1.29, 1.82) is 0 Å². The fraction of sp³-hybridized carbons (Fsp3) is 0.632. The smallest absolute Gasteiger partial charge is 0.191 e. The van der Waals surface area contributed by atoms with E-state index < -0.39 is 0 Å². The third-order valence-corrected chi connectivity index (χ3v) is 5.20. The second-order valence-electron chi connectivity index (χ2n) is 7.19. The van der Waals surface area contributed by atoms with Crippen molar-refractivity contribution in [2.24, 2.45) is 22.6 Å². The number of hydrogen-bond donors (Lipinski definition) is 1. The Labute approximate surface area is 168 Å². The van der Waals surface area contributed by atoms with E-state index in [1.54, 1.807) is 7.11 Å². The van der Waals surface area contributed by atoms with E-state index in [1.165, 1.54) is 24.9 Å². The molecule has 2 aliphatic heterocycles. The first-order valence-corrected chi connectivity index (χ1v) is 9.09. The van der Waals surface area contributed by atoms with Gasteiger partial charge in [-0.15, -0.1) is 24.0 Å². The van der Waals surface area contributed by atoms with Gasteiger partial charge in [-0.3, -0.25) is 4.99 Å². The molecule has 2 aliphatic rings. The Morgan fingerprint density at radius 2 is 2.12 bits per heavy atom. The Balaban J connectivity index is 0.00000225. The molecule has 0 aromatic heterocycles. The average Bonchev–Trinajstić information content (AvgIpc) is 3.09.